The Morgan fingerprint density at radius 1 is 1.33 bits per heavy atom. The summed E-state index contributed by atoms with van der Waals surface area (Å²) in [6.45, 7) is 1.27. The maximum absolute atomic E-state index is 11.5. The highest BCUT2D eigenvalue weighted by Gasteiger charge is 2.46. The Balaban J connectivity index is 1.56. The Kier molecular flexibility index (Phi) is 3.30. The van der Waals surface area contributed by atoms with Gasteiger partial charge in [-0.25, -0.2) is 0 Å². The second-order valence-electron chi connectivity index (χ2n) is 4.80. The van der Waals surface area contributed by atoms with Crippen molar-refractivity contribution in [2.24, 2.45) is 0 Å². The molecular formula is C14H17NO3. The lowest BCUT2D eigenvalue weighted by Gasteiger charge is -2.39. The third-order valence-corrected chi connectivity index (χ3v) is 3.53. The maximum Gasteiger partial charge on any atom is 0.251 e. The molecule has 0 spiro atoms. The average Bonchev–Trinajstić information content (AvgIpc) is 2.90. The van der Waals surface area contributed by atoms with Gasteiger partial charge in [-0.3, -0.25) is 4.79 Å². The standard InChI is InChI=1S/C14H17NO3/c16-14-13(12(15-14)11-7-4-8-17-11)18-9-10-5-2-1-3-6-10/h1-3,5-6,11-13H,4,7-9H2,(H,15,16)/t11-,12+,13-/m1/s1. The van der Waals surface area contributed by atoms with Crippen molar-refractivity contribution in [3.63, 3.8) is 0 Å². The van der Waals surface area contributed by atoms with Gasteiger partial charge in [0.05, 0.1) is 18.8 Å². The maximum atomic E-state index is 11.5. The van der Waals surface area contributed by atoms with Crippen molar-refractivity contribution < 1.29 is 14.3 Å². The second-order valence-corrected chi connectivity index (χ2v) is 4.80. The smallest absolute Gasteiger partial charge is 0.251 e. The van der Waals surface area contributed by atoms with Gasteiger partial charge in [-0.05, 0) is 18.4 Å². The first-order valence-electron chi connectivity index (χ1n) is 6.42. The van der Waals surface area contributed by atoms with Crippen LogP contribution in [0.5, 0.6) is 0 Å². The molecule has 1 amide bonds. The SMILES string of the molecule is O=C1N[C@@H]([C@H]2CCCO2)[C@H]1OCc1ccccc1. The quantitative estimate of drug-likeness (QED) is 0.815. The Bertz CT molecular complexity index is 414. The molecule has 0 unspecified atom stereocenters. The highest BCUT2D eigenvalue weighted by Crippen LogP contribution is 2.24. The van der Waals surface area contributed by atoms with Gasteiger partial charge >= 0.3 is 0 Å². The molecule has 1 aromatic carbocycles. The van der Waals surface area contributed by atoms with Crippen LogP contribution < -0.4 is 5.32 Å². The van der Waals surface area contributed by atoms with E-state index in [2.05, 4.69) is 5.32 Å². The average molecular weight is 247 g/mol. The highest BCUT2D eigenvalue weighted by molar-refractivity contribution is 5.88. The Morgan fingerprint density at radius 2 is 2.17 bits per heavy atom. The molecule has 0 aromatic heterocycles. The number of rotatable bonds is 4. The molecule has 1 aromatic rings. The molecule has 18 heavy (non-hydrogen) atoms. The van der Waals surface area contributed by atoms with Crippen molar-refractivity contribution in [3.8, 4) is 0 Å². The third kappa shape index (κ3) is 2.26. The van der Waals surface area contributed by atoms with E-state index in [9.17, 15) is 4.79 Å². The molecule has 2 saturated heterocycles. The van der Waals surface area contributed by atoms with Gasteiger partial charge in [0, 0.05) is 6.61 Å². The minimum absolute atomic E-state index is 0.0218. The lowest BCUT2D eigenvalue weighted by molar-refractivity contribution is -0.156. The van der Waals surface area contributed by atoms with Crippen LogP contribution in [-0.2, 0) is 20.9 Å². The Morgan fingerprint density at radius 3 is 2.83 bits per heavy atom. The number of hydrogen-bond acceptors (Lipinski definition) is 3. The molecule has 2 heterocycles. The summed E-state index contributed by atoms with van der Waals surface area (Å²) in [5.74, 6) is -0.0218. The minimum Gasteiger partial charge on any atom is -0.376 e. The third-order valence-electron chi connectivity index (χ3n) is 3.53. The second kappa shape index (κ2) is 5.08. The molecule has 0 bridgehead atoms. The van der Waals surface area contributed by atoms with Crippen molar-refractivity contribution in [1.82, 2.24) is 5.32 Å². The van der Waals surface area contributed by atoms with E-state index >= 15 is 0 Å². The van der Waals surface area contributed by atoms with Gasteiger partial charge in [-0.1, -0.05) is 30.3 Å². The molecule has 1 N–H and O–H groups in total. The number of nitrogens with one attached hydrogen (secondary N) is 1. The summed E-state index contributed by atoms with van der Waals surface area (Å²) < 4.78 is 11.3. The normalized spacial score (nSPS) is 30.9. The van der Waals surface area contributed by atoms with E-state index in [1.54, 1.807) is 0 Å². The van der Waals surface area contributed by atoms with Crippen molar-refractivity contribution in [1.29, 1.82) is 0 Å². The zero-order valence-electron chi connectivity index (χ0n) is 10.2. The first-order valence-corrected chi connectivity index (χ1v) is 6.42. The molecule has 0 aliphatic carbocycles. The van der Waals surface area contributed by atoms with Crippen LogP contribution >= 0.6 is 0 Å². The largest absolute Gasteiger partial charge is 0.376 e. The van der Waals surface area contributed by atoms with E-state index in [0.717, 1.165) is 25.0 Å². The van der Waals surface area contributed by atoms with Crippen molar-refractivity contribution >= 4 is 5.91 Å². The summed E-state index contributed by atoms with van der Waals surface area (Å²) in [6.07, 6.45) is 1.86. The van der Waals surface area contributed by atoms with Gasteiger partial charge in [0.15, 0.2) is 6.10 Å². The molecule has 3 rings (SSSR count). The summed E-state index contributed by atoms with van der Waals surface area (Å²) in [6, 6.07) is 9.93. The predicted molar refractivity (Wildman–Crippen MR) is 65.9 cm³/mol. The lowest BCUT2D eigenvalue weighted by Crippen LogP contribution is -2.67. The number of β-lactam (4-membered cyclic amide) rings is 1. The van der Waals surface area contributed by atoms with Gasteiger partial charge in [0.25, 0.3) is 5.91 Å². The van der Waals surface area contributed by atoms with Gasteiger partial charge in [0.1, 0.15) is 0 Å². The molecule has 2 fully saturated rings. The minimum atomic E-state index is -0.353. The molecule has 2 aliphatic rings. The number of amides is 1. The van der Waals surface area contributed by atoms with Crippen molar-refractivity contribution in [3.05, 3.63) is 35.9 Å². The Labute approximate surface area is 106 Å². The predicted octanol–water partition coefficient (Wildman–Crippen LogP) is 1.25. The van der Waals surface area contributed by atoms with Gasteiger partial charge in [-0.15, -0.1) is 0 Å². The van der Waals surface area contributed by atoms with Crippen LogP contribution in [0.25, 0.3) is 0 Å². The fourth-order valence-corrected chi connectivity index (χ4v) is 2.50. The molecule has 4 heteroatoms. The first-order chi connectivity index (χ1) is 8.84. The number of benzene rings is 1. The van der Waals surface area contributed by atoms with Crippen molar-refractivity contribution in [2.75, 3.05) is 6.61 Å². The number of carbonyl (C=O) groups excluding carboxylic acids is 1. The van der Waals surface area contributed by atoms with Gasteiger partial charge in [-0.2, -0.15) is 0 Å². The molecular weight excluding hydrogens is 230 g/mol. The fraction of sp³-hybridized carbons (Fsp3) is 0.500. The molecule has 2 aliphatic heterocycles. The van der Waals surface area contributed by atoms with E-state index < -0.39 is 0 Å². The number of carbonyl (C=O) groups is 1. The van der Waals surface area contributed by atoms with Crippen LogP contribution in [0.4, 0.5) is 0 Å². The zero-order chi connectivity index (χ0) is 12.4. The van der Waals surface area contributed by atoms with Crippen LogP contribution in [0, 0.1) is 0 Å². The van der Waals surface area contributed by atoms with Crippen molar-refractivity contribution in [2.45, 2.75) is 37.7 Å². The molecule has 3 atom stereocenters. The van der Waals surface area contributed by atoms with Crippen LogP contribution in [0.2, 0.25) is 0 Å². The van der Waals surface area contributed by atoms with Crippen LogP contribution in [-0.4, -0.2) is 30.8 Å². The van der Waals surface area contributed by atoms with Crippen LogP contribution in [0.3, 0.4) is 0 Å². The summed E-state index contributed by atoms with van der Waals surface area (Å²) >= 11 is 0. The lowest BCUT2D eigenvalue weighted by atomic mass is 9.94. The summed E-state index contributed by atoms with van der Waals surface area (Å²) in [5, 5.41) is 2.88. The van der Waals surface area contributed by atoms with E-state index in [1.165, 1.54) is 0 Å². The molecule has 4 nitrogen and oxygen atoms in total. The summed E-state index contributed by atoms with van der Waals surface area (Å²) in [4.78, 5) is 11.5. The summed E-state index contributed by atoms with van der Waals surface area (Å²) in [5.41, 5.74) is 1.09. The summed E-state index contributed by atoms with van der Waals surface area (Å²) in [7, 11) is 0. The topological polar surface area (TPSA) is 47.6 Å². The Hall–Kier alpha value is -1.39. The highest BCUT2D eigenvalue weighted by atomic mass is 16.5. The number of ether oxygens (including phenoxy) is 2. The van der Waals surface area contributed by atoms with Gasteiger partial charge < -0.3 is 14.8 Å². The van der Waals surface area contributed by atoms with Crippen LogP contribution in [0.15, 0.2) is 30.3 Å². The van der Waals surface area contributed by atoms with E-state index in [1.807, 2.05) is 30.3 Å². The number of hydrogen-bond donors (Lipinski definition) is 1. The zero-order valence-corrected chi connectivity index (χ0v) is 10.2. The molecule has 96 valence electrons. The van der Waals surface area contributed by atoms with E-state index in [-0.39, 0.29) is 24.2 Å². The monoisotopic (exact) mass is 247 g/mol. The fourth-order valence-electron chi connectivity index (χ4n) is 2.50. The first kappa shape index (κ1) is 11.7. The van der Waals surface area contributed by atoms with Gasteiger partial charge in [0.2, 0.25) is 0 Å². The molecule has 0 radical (unpaired) electrons. The van der Waals surface area contributed by atoms with Crippen LogP contribution in [0.1, 0.15) is 18.4 Å². The van der Waals surface area contributed by atoms with E-state index in [0.29, 0.717) is 6.61 Å². The molecule has 0 saturated carbocycles. The van der Waals surface area contributed by atoms with E-state index in [4.69, 9.17) is 9.47 Å².